The van der Waals surface area contributed by atoms with Gasteiger partial charge in [0.05, 0.1) is 4.88 Å². The third-order valence-electron chi connectivity index (χ3n) is 2.76. The minimum Gasteiger partial charge on any atom is -0.458 e. The molecule has 2 aromatic rings. The van der Waals surface area contributed by atoms with Crippen LogP contribution >= 0.6 is 11.3 Å². The van der Waals surface area contributed by atoms with Crippen molar-refractivity contribution in [1.29, 1.82) is 0 Å². The van der Waals surface area contributed by atoms with Gasteiger partial charge in [-0.25, -0.2) is 4.79 Å². The number of fused-ring (bicyclic) bond motifs is 1. The summed E-state index contributed by atoms with van der Waals surface area (Å²) in [5.74, 6) is -0.688. The van der Waals surface area contributed by atoms with Crippen LogP contribution in [-0.4, -0.2) is 23.5 Å². The molecule has 0 radical (unpaired) electrons. The molecule has 0 spiro atoms. The lowest BCUT2D eigenvalue weighted by Crippen LogP contribution is -2.41. The molecule has 21 heavy (non-hydrogen) atoms. The summed E-state index contributed by atoms with van der Waals surface area (Å²) in [6.07, 6.45) is 0. The Balaban J connectivity index is 2.05. The van der Waals surface area contributed by atoms with Crippen molar-refractivity contribution >= 4 is 33.3 Å². The molecule has 5 heteroatoms. The normalized spacial score (nSPS) is 13.0. The van der Waals surface area contributed by atoms with Crippen molar-refractivity contribution in [3.05, 3.63) is 35.2 Å². The van der Waals surface area contributed by atoms with E-state index in [0.717, 1.165) is 10.1 Å². The summed E-state index contributed by atoms with van der Waals surface area (Å²) in [7, 11) is 0. The highest BCUT2D eigenvalue weighted by atomic mass is 32.1. The lowest BCUT2D eigenvalue weighted by molar-refractivity contribution is -0.156. The van der Waals surface area contributed by atoms with Gasteiger partial charge >= 0.3 is 5.97 Å². The topological polar surface area (TPSA) is 55.4 Å². The van der Waals surface area contributed by atoms with Crippen LogP contribution in [0.3, 0.4) is 0 Å². The molecule has 1 N–H and O–H groups in total. The summed E-state index contributed by atoms with van der Waals surface area (Å²) in [5, 5.41) is 3.70. The third kappa shape index (κ3) is 4.04. The van der Waals surface area contributed by atoms with Gasteiger partial charge in [-0.15, -0.1) is 11.3 Å². The van der Waals surface area contributed by atoms with Gasteiger partial charge in [-0.3, -0.25) is 4.79 Å². The average Bonchev–Trinajstić information content (AvgIpc) is 2.80. The highest BCUT2D eigenvalue weighted by Crippen LogP contribution is 2.25. The van der Waals surface area contributed by atoms with E-state index in [4.69, 9.17) is 4.74 Å². The summed E-state index contributed by atoms with van der Waals surface area (Å²) in [5.41, 5.74) is -0.562. The highest BCUT2D eigenvalue weighted by molar-refractivity contribution is 7.20. The van der Waals surface area contributed by atoms with Gasteiger partial charge in [0.15, 0.2) is 0 Å². The van der Waals surface area contributed by atoms with Gasteiger partial charge in [0.25, 0.3) is 5.91 Å². The Bertz CT molecular complexity index is 636. The molecule has 1 amide bonds. The standard InChI is InChI=1S/C16H19NO3S/c1-10(15(19)20-16(2,3)4)17-14(18)13-9-11-7-5-6-8-12(11)21-13/h5-10H,1-4H3,(H,17,18)/t10-/m1/s1. The van der Waals surface area contributed by atoms with E-state index in [2.05, 4.69) is 5.32 Å². The Morgan fingerprint density at radius 2 is 1.90 bits per heavy atom. The van der Waals surface area contributed by atoms with Gasteiger partial charge in [0.2, 0.25) is 0 Å². The minimum atomic E-state index is -0.679. The van der Waals surface area contributed by atoms with Crippen molar-refractivity contribution in [2.75, 3.05) is 0 Å². The van der Waals surface area contributed by atoms with Crippen LogP contribution in [0.4, 0.5) is 0 Å². The molecule has 0 aliphatic rings. The number of hydrogen-bond acceptors (Lipinski definition) is 4. The van der Waals surface area contributed by atoms with Crippen molar-refractivity contribution < 1.29 is 14.3 Å². The van der Waals surface area contributed by atoms with E-state index in [-0.39, 0.29) is 5.91 Å². The van der Waals surface area contributed by atoms with E-state index >= 15 is 0 Å². The SMILES string of the molecule is C[C@@H](NC(=O)c1cc2ccccc2s1)C(=O)OC(C)(C)C. The summed E-state index contributed by atoms with van der Waals surface area (Å²) >= 11 is 1.41. The number of benzene rings is 1. The van der Waals surface area contributed by atoms with Crippen molar-refractivity contribution in [2.45, 2.75) is 39.3 Å². The predicted molar refractivity (Wildman–Crippen MR) is 84.6 cm³/mol. The summed E-state index contributed by atoms with van der Waals surface area (Å²) in [4.78, 5) is 24.6. The van der Waals surface area contributed by atoms with E-state index < -0.39 is 17.6 Å². The molecule has 0 saturated heterocycles. The van der Waals surface area contributed by atoms with E-state index in [9.17, 15) is 9.59 Å². The van der Waals surface area contributed by atoms with Crippen LogP contribution in [0.25, 0.3) is 10.1 Å². The number of ether oxygens (including phenoxy) is 1. The Morgan fingerprint density at radius 1 is 1.24 bits per heavy atom. The molecule has 1 atom stereocenters. The van der Waals surface area contributed by atoms with Crippen LogP contribution in [0, 0.1) is 0 Å². The Labute approximate surface area is 128 Å². The molecule has 0 fully saturated rings. The van der Waals surface area contributed by atoms with Crippen LogP contribution < -0.4 is 5.32 Å². The van der Waals surface area contributed by atoms with E-state index in [1.54, 1.807) is 27.7 Å². The second kappa shape index (κ2) is 5.85. The van der Waals surface area contributed by atoms with Gasteiger partial charge < -0.3 is 10.1 Å². The number of thiophene rings is 1. The van der Waals surface area contributed by atoms with E-state index in [0.29, 0.717) is 4.88 Å². The highest BCUT2D eigenvalue weighted by Gasteiger charge is 2.23. The molecule has 112 valence electrons. The second-order valence-corrected chi connectivity index (χ2v) is 6.96. The van der Waals surface area contributed by atoms with Crippen molar-refractivity contribution in [3.8, 4) is 0 Å². The molecule has 0 unspecified atom stereocenters. The van der Waals surface area contributed by atoms with Crippen LogP contribution in [0.2, 0.25) is 0 Å². The smallest absolute Gasteiger partial charge is 0.328 e. The number of hydrogen-bond donors (Lipinski definition) is 1. The van der Waals surface area contributed by atoms with Crippen molar-refractivity contribution in [1.82, 2.24) is 5.32 Å². The zero-order valence-electron chi connectivity index (χ0n) is 12.6. The lowest BCUT2D eigenvalue weighted by Gasteiger charge is -2.22. The average molecular weight is 305 g/mol. The van der Waals surface area contributed by atoms with Gasteiger partial charge in [-0.05, 0) is 45.2 Å². The third-order valence-corrected chi connectivity index (χ3v) is 3.87. The Kier molecular flexibility index (Phi) is 4.32. The van der Waals surface area contributed by atoms with Gasteiger partial charge in [0, 0.05) is 4.70 Å². The molecule has 1 heterocycles. The zero-order chi connectivity index (χ0) is 15.6. The molecule has 2 rings (SSSR count). The predicted octanol–water partition coefficient (Wildman–Crippen LogP) is 3.36. The molecule has 1 aromatic heterocycles. The second-order valence-electron chi connectivity index (χ2n) is 5.88. The number of esters is 1. The molecule has 4 nitrogen and oxygen atoms in total. The van der Waals surface area contributed by atoms with Gasteiger partial charge in [-0.1, -0.05) is 18.2 Å². The molecular weight excluding hydrogens is 286 g/mol. The quantitative estimate of drug-likeness (QED) is 0.885. The fraction of sp³-hybridized carbons (Fsp3) is 0.375. The first-order chi connectivity index (χ1) is 9.76. The molecule has 0 aliphatic carbocycles. The van der Waals surface area contributed by atoms with Crippen molar-refractivity contribution in [2.24, 2.45) is 0 Å². The fourth-order valence-electron chi connectivity index (χ4n) is 1.81. The van der Waals surface area contributed by atoms with E-state index in [1.165, 1.54) is 11.3 Å². The largest absolute Gasteiger partial charge is 0.458 e. The van der Waals surface area contributed by atoms with Gasteiger partial charge in [-0.2, -0.15) is 0 Å². The first kappa shape index (κ1) is 15.5. The summed E-state index contributed by atoms with van der Waals surface area (Å²) in [6.45, 7) is 7.02. The number of amides is 1. The molecule has 0 aliphatic heterocycles. The number of carbonyl (C=O) groups is 2. The molecule has 0 bridgehead atoms. The maximum Gasteiger partial charge on any atom is 0.328 e. The summed E-state index contributed by atoms with van der Waals surface area (Å²) < 4.78 is 6.29. The van der Waals surface area contributed by atoms with Crippen LogP contribution in [0.15, 0.2) is 30.3 Å². The fourth-order valence-corrected chi connectivity index (χ4v) is 2.78. The first-order valence-corrected chi connectivity index (χ1v) is 7.60. The summed E-state index contributed by atoms with van der Waals surface area (Å²) in [6, 6.07) is 8.94. The number of nitrogens with one attached hydrogen (secondary N) is 1. The molecular formula is C16H19NO3S. The van der Waals surface area contributed by atoms with Crippen LogP contribution in [0.1, 0.15) is 37.4 Å². The van der Waals surface area contributed by atoms with E-state index in [1.807, 2.05) is 30.3 Å². The Morgan fingerprint density at radius 3 is 2.52 bits per heavy atom. The first-order valence-electron chi connectivity index (χ1n) is 6.78. The van der Waals surface area contributed by atoms with Crippen LogP contribution in [0.5, 0.6) is 0 Å². The Hall–Kier alpha value is -1.88. The maximum atomic E-state index is 12.2. The van der Waals surface area contributed by atoms with Crippen molar-refractivity contribution in [3.63, 3.8) is 0 Å². The number of carbonyl (C=O) groups excluding carboxylic acids is 2. The maximum absolute atomic E-state index is 12.2. The van der Waals surface area contributed by atoms with Gasteiger partial charge in [0.1, 0.15) is 11.6 Å². The molecule has 1 aromatic carbocycles. The minimum absolute atomic E-state index is 0.255. The van der Waals surface area contributed by atoms with Crippen LogP contribution in [-0.2, 0) is 9.53 Å². The monoisotopic (exact) mass is 305 g/mol. The molecule has 0 saturated carbocycles. The lowest BCUT2D eigenvalue weighted by atomic mass is 10.2. The zero-order valence-corrected chi connectivity index (χ0v) is 13.4. The number of rotatable bonds is 3.